The molecular weight excluding hydrogens is 302 g/mol. The number of aryl methyl sites for hydroxylation is 1. The molecule has 1 fully saturated rings. The molecule has 0 atom stereocenters. The van der Waals surface area contributed by atoms with Crippen molar-refractivity contribution in [2.45, 2.75) is 29.6 Å². The van der Waals surface area contributed by atoms with Crippen molar-refractivity contribution in [3.05, 3.63) is 17.0 Å². The van der Waals surface area contributed by atoms with Crippen molar-refractivity contribution in [2.75, 3.05) is 13.7 Å². The van der Waals surface area contributed by atoms with Crippen LogP contribution in [0.15, 0.2) is 15.7 Å². The number of aliphatic carboxylic acids is 1. The number of carboxylic acid groups (broad SMARTS) is 1. The zero-order valence-electron chi connectivity index (χ0n) is 11.3. The largest absolute Gasteiger partial charge is 0.481 e. The lowest BCUT2D eigenvalue weighted by atomic mass is 9.71. The van der Waals surface area contributed by atoms with Gasteiger partial charge in [-0.05, 0) is 36.8 Å². The van der Waals surface area contributed by atoms with E-state index in [0.717, 1.165) is 11.3 Å². The van der Waals surface area contributed by atoms with E-state index in [1.165, 1.54) is 7.11 Å². The molecule has 2 N–H and O–H groups in total. The third-order valence-corrected chi connectivity index (χ3v) is 6.75. The van der Waals surface area contributed by atoms with Crippen LogP contribution in [-0.4, -0.2) is 38.7 Å². The van der Waals surface area contributed by atoms with Crippen LogP contribution in [0.4, 0.5) is 0 Å². The summed E-state index contributed by atoms with van der Waals surface area (Å²) in [7, 11) is -2.09. The van der Waals surface area contributed by atoms with Gasteiger partial charge in [0, 0.05) is 13.7 Å². The van der Waals surface area contributed by atoms with E-state index in [2.05, 4.69) is 4.72 Å². The number of methoxy groups -OCH3 is 1. The number of nitrogens with one attached hydrogen (secondary N) is 1. The van der Waals surface area contributed by atoms with Crippen molar-refractivity contribution in [3.8, 4) is 0 Å². The monoisotopic (exact) mass is 319 g/mol. The van der Waals surface area contributed by atoms with Gasteiger partial charge in [0.15, 0.2) is 0 Å². The van der Waals surface area contributed by atoms with Gasteiger partial charge in [-0.2, -0.15) is 0 Å². The quantitative estimate of drug-likeness (QED) is 0.822. The number of hydrogen-bond donors (Lipinski definition) is 2. The molecule has 20 heavy (non-hydrogen) atoms. The molecule has 1 saturated carbocycles. The minimum Gasteiger partial charge on any atom is -0.481 e. The van der Waals surface area contributed by atoms with Crippen molar-refractivity contribution in [2.24, 2.45) is 5.92 Å². The van der Waals surface area contributed by atoms with E-state index in [4.69, 9.17) is 9.84 Å². The third kappa shape index (κ3) is 2.88. The Labute approximate surface area is 121 Å². The number of ether oxygens (including phenoxy) is 1. The highest BCUT2D eigenvalue weighted by Crippen LogP contribution is 2.40. The van der Waals surface area contributed by atoms with Crippen LogP contribution in [0.25, 0.3) is 0 Å². The number of carboxylic acids is 1. The third-order valence-electron chi connectivity index (χ3n) is 3.66. The zero-order chi connectivity index (χ0) is 15.0. The molecule has 0 aliphatic heterocycles. The van der Waals surface area contributed by atoms with Gasteiger partial charge in [-0.25, -0.2) is 13.1 Å². The Balaban J connectivity index is 2.02. The summed E-state index contributed by atoms with van der Waals surface area (Å²) in [6, 6.07) is 1.75. The lowest BCUT2D eigenvalue weighted by Gasteiger charge is -2.44. The molecule has 0 spiro atoms. The molecular formula is C12H17NO5S2. The number of hydrogen-bond acceptors (Lipinski definition) is 5. The predicted octanol–water partition coefficient (Wildman–Crippen LogP) is 1.21. The fraction of sp³-hybridized carbons (Fsp3) is 0.583. The van der Waals surface area contributed by atoms with Gasteiger partial charge in [0.2, 0.25) is 10.0 Å². The summed E-state index contributed by atoms with van der Waals surface area (Å²) in [6.07, 6.45) is 0.648. The van der Waals surface area contributed by atoms with Gasteiger partial charge in [-0.15, -0.1) is 11.3 Å². The van der Waals surface area contributed by atoms with Gasteiger partial charge in [0.1, 0.15) is 4.21 Å². The molecule has 0 bridgehead atoms. The summed E-state index contributed by atoms with van der Waals surface area (Å²) >= 11 is 1.16. The average molecular weight is 319 g/mol. The first kappa shape index (κ1) is 15.4. The SMILES string of the molecule is COC1(CNS(=O)(=O)c2sccc2C)CC(C(=O)O)C1. The second-order valence-corrected chi connectivity index (χ2v) is 7.92. The molecule has 0 unspecified atom stereocenters. The van der Waals surface area contributed by atoms with Crippen LogP contribution in [0.2, 0.25) is 0 Å². The maximum Gasteiger partial charge on any atom is 0.306 e. The first-order chi connectivity index (χ1) is 9.30. The fourth-order valence-corrected chi connectivity index (χ4v) is 4.90. The molecule has 6 nitrogen and oxygen atoms in total. The summed E-state index contributed by atoms with van der Waals surface area (Å²) in [6.45, 7) is 1.83. The smallest absolute Gasteiger partial charge is 0.306 e. The summed E-state index contributed by atoms with van der Waals surface area (Å²) in [5.41, 5.74) is -0.00706. The molecule has 2 rings (SSSR count). The molecule has 112 valence electrons. The fourth-order valence-electron chi connectivity index (χ4n) is 2.32. The van der Waals surface area contributed by atoms with Crippen LogP contribution >= 0.6 is 11.3 Å². The molecule has 0 amide bonds. The standard InChI is InChI=1S/C12H17NO5S2/c1-8-3-4-19-11(8)20(16,17)13-7-12(18-2)5-9(6-12)10(14)15/h3-4,9,13H,5-7H2,1-2H3,(H,14,15). The Hall–Kier alpha value is -0.960. The number of sulfonamides is 1. The normalized spacial score (nSPS) is 26.2. The van der Waals surface area contributed by atoms with Crippen LogP contribution in [0.5, 0.6) is 0 Å². The van der Waals surface area contributed by atoms with Crippen molar-refractivity contribution >= 4 is 27.3 Å². The van der Waals surface area contributed by atoms with Gasteiger partial charge in [-0.3, -0.25) is 4.79 Å². The molecule has 1 aliphatic rings. The van der Waals surface area contributed by atoms with Crippen molar-refractivity contribution < 1.29 is 23.1 Å². The lowest BCUT2D eigenvalue weighted by molar-refractivity contribution is -0.161. The summed E-state index contributed by atoms with van der Waals surface area (Å²) < 4.78 is 32.4. The van der Waals surface area contributed by atoms with E-state index in [1.54, 1.807) is 18.4 Å². The van der Waals surface area contributed by atoms with Gasteiger partial charge >= 0.3 is 5.97 Å². The van der Waals surface area contributed by atoms with Gasteiger partial charge in [-0.1, -0.05) is 0 Å². The van der Waals surface area contributed by atoms with Crippen molar-refractivity contribution in [1.82, 2.24) is 4.72 Å². The molecule has 1 aliphatic carbocycles. The van der Waals surface area contributed by atoms with E-state index >= 15 is 0 Å². The van der Waals surface area contributed by atoms with Gasteiger partial charge in [0.05, 0.1) is 11.5 Å². The molecule has 0 aromatic carbocycles. The summed E-state index contributed by atoms with van der Waals surface area (Å²) in [4.78, 5) is 10.8. The Bertz CT molecular complexity index is 601. The van der Waals surface area contributed by atoms with E-state index in [-0.39, 0.29) is 10.8 Å². The maximum atomic E-state index is 12.2. The van der Waals surface area contributed by atoms with Crippen molar-refractivity contribution in [3.63, 3.8) is 0 Å². The predicted molar refractivity (Wildman–Crippen MR) is 74.3 cm³/mol. The Kier molecular flexibility index (Phi) is 4.19. The Morgan fingerprint density at radius 1 is 1.60 bits per heavy atom. The number of rotatable bonds is 6. The van der Waals surface area contributed by atoms with E-state index in [0.29, 0.717) is 18.4 Å². The van der Waals surface area contributed by atoms with Crippen molar-refractivity contribution in [1.29, 1.82) is 0 Å². The number of carbonyl (C=O) groups is 1. The minimum atomic E-state index is -3.56. The molecule has 8 heteroatoms. The van der Waals surface area contributed by atoms with E-state index in [1.807, 2.05) is 0 Å². The topological polar surface area (TPSA) is 92.7 Å². The maximum absolute atomic E-state index is 12.2. The van der Waals surface area contributed by atoms with Crippen LogP contribution in [-0.2, 0) is 19.6 Å². The summed E-state index contributed by atoms with van der Waals surface area (Å²) in [5.74, 6) is -1.32. The molecule has 0 radical (unpaired) electrons. The second-order valence-electron chi connectivity index (χ2n) is 5.05. The van der Waals surface area contributed by atoms with Gasteiger partial charge < -0.3 is 9.84 Å². The Morgan fingerprint density at radius 2 is 2.25 bits per heavy atom. The molecule has 1 heterocycles. The van der Waals surface area contributed by atoms with Gasteiger partial charge in [0.25, 0.3) is 0 Å². The Morgan fingerprint density at radius 3 is 2.70 bits per heavy atom. The number of thiophene rings is 1. The highest BCUT2D eigenvalue weighted by molar-refractivity contribution is 7.91. The summed E-state index contributed by atoms with van der Waals surface area (Å²) in [5, 5.41) is 10.6. The van der Waals surface area contributed by atoms with E-state index < -0.39 is 27.5 Å². The molecule has 0 saturated heterocycles. The van der Waals surface area contributed by atoms with Crippen LogP contribution in [0, 0.1) is 12.8 Å². The first-order valence-corrected chi connectivity index (χ1v) is 8.48. The highest BCUT2D eigenvalue weighted by Gasteiger charge is 2.48. The van der Waals surface area contributed by atoms with E-state index in [9.17, 15) is 13.2 Å². The highest BCUT2D eigenvalue weighted by atomic mass is 32.2. The van der Waals surface area contributed by atoms with Crippen LogP contribution < -0.4 is 4.72 Å². The second kappa shape index (κ2) is 5.44. The molecule has 1 aromatic heterocycles. The molecule has 1 aromatic rings. The zero-order valence-corrected chi connectivity index (χ0v) is 12.9. The van der Waals surface area contributed by atoms with Crippen LogP contribution in [0.1, 0.15) is 18.4 Å². The lowest BCUT2D eigenvalue weighted by Crippen LogP contribution is -2.55. The minimum absolute atomic E-state index is 0.0902. The average Bonchev–Trinajstić information content (AvgIpc) is 2.75. The van der Waals surface area contributed by atoms with Crippen LogP contribution in [0.3, 0.4) is 0 Å². The first-order valence-electron chi connectivity index (χ1n) is 6.11.